The summed E-state index contributed by atoms with van der Waals surface area (Å²) in [5, 5.41) is 20.4. The van der Waals surface area contributed by atoms with Gasteiger partial charge in [0.15, 0.2) is 0 Å². The molecule has 0 bridgehead atoms. The first-order valence-electron chi connectivity index (χ1n) is 5.37. The zero-order valence-corrected chi connectivity index (χ0v) is 10.3. The molecule has 16 heavy (non-hydrogen) atoms. The van der Waals surface area contributed by atoms with E-state index in [4.69, 9.17) is 10.2 Å². The smallest absolute Gasteiger partial charge is 0.310 e. The third-order valence-electron chi connectivity index (χ3n) is 2.97. The lowest BCUT2D eigenvalue weighted by molar-refractivity contribution is -0.153. The van der Waals surface area contributed by atoms with Crippen LogP contribution in [0, 0.1) is 11.3 Å². The van der Waals surface area contributed by atoms with Crippen LogP contribution in [-0.4, -0.2) is 34.7 Å². The van der Waals surface area contributed by atoms with Gasteiger partial charge >= 0.3 is 5.97 Å². The number of carboxylic acid groups (broad SMARTS) is 1. The lowest BCUT2D eigenvalue weighted by atomic mass is 9.76. The van der Waals surface area contributed by atoms with Gasteiger partial charge in [-0.1, -0.05) is 13.8 Å². The normalized spacial score (nSPS) is 16.6. The van der Waals surface area contributed by atoms with E-state index in [0.717, 1.165) is 0 Å². The van der Waals surface area contributed by atoms with Gasteiger partial charge in [0.1, 0.15) is 0 Å². The van der Waals surface area contributed by atoms with Crippen molar-refractivity contribution in [2.75, 3.05) is 6.61 Å². The summed E-state index contributed by atoms with van der Waals surface area (Å²) in [6.45, 7) is 6.61. The number of aliphatic hydroxyl groups is 1. The van der Waals surface area contributed by atoms with Crippen LogP contribution in [0.2, 0.25) is 0 Å². The summed E-state index contributed by atoms with van der Waals surface area (Å²) in [6, 6.07) is -0.349. The van der Waals surface area contributed by atoms with Crippen LogP contribution in [-0.2, 0) is 9.59 Å². The van der Waals surface area contributed by atoms with E-state index in [1.54, 1.807) is 27.7 Å². The predicted molar refractivity (Wildman–Crippen MR) is 59.9 cm³/mol. The molecule has 0 aliphatic carbocycles. The molecule has 0 aromatic carbocycles. The van der Waals surface area contributed by atoms with Crippen LogP contribution in [0.3, 0.4) is 0 Å². The molecule has 5 nitrogen and oxygen atoms in total. The largest absolute Gasteiger partial charge is 0.481 e. The maximum absolute atomic E-state index is 11.6. The van der Waals surface area contributed by atoms with Crippen molar-refractivity contribution in [3.05, 3.63) is 0 Å². The topological polar surface area (TPSA) is 86.6 Å². The summed E-state index contributed by atoms with van der Waals surface area (Å²) in [5.74, 6) is -1.46. The molecular formula is C11H21NO4. The highest BCUT2D eigenvalue weighted by atomic mass is 16.4. The number of hydrogen-bond acceptors (Lipinski definition) is 3. The Kier molecular flexibility index (Phi) is 5.44. The summed E-state index contributed by atoms with van der Waals surface area (Å²) in [6.07, 6.45) is -0.0790. The van der Waals surface area contributed by atoms with E-state index >= 15 is 0 Å². The highest BCUT2D eigenvalue weighted by Crippen LogP contribution is 2.31. The standard InChI is InChI=1S/C11H21NO4/c1-7(2)11(4,10(15)16)5-9(14)12-8(3)6-13/h7-8,13H,5-6H2,1-4H3,(H,12,14)(H,15,16)/t8-,11?/m0/s1. The number of carbonyl (C=O) groups excluding carboxylic acids is 1. The average molecular weight is 231 g/mol. The molecule has 0 aliphatic rings. The molecule has 0 aliphatic heterocycles. The molecule has 0 saturated carbocycles. The van der Waals surface area contributed by atoms with Gasteiger partial charge < -0.3 is 15.5 Å². The minimum Gasteiger partial charge on any atom is -0.481 e. The monoisotopic (exact) mass is 231 g/mol. The SMILES string of the molecule is CC(C)C(C)(CC(=O)N[C@@H](C)CO)C(=O)O. The fraction of sp³-hybridized carbons (Fsp3) is 0.818. The molecule has 1 unspecified atom stereocenters. The zero-order valence-electron chi connectivity index (χ0n) is 10.3. The second-order valence-electron chi connectivity index (χ2n) is 4.71. The Balaban J connectivity index is 4.54. The van der Waals surface area contributed by atoms with Crippen LogP contribution in [0.25, 0.3) is 0 Å². The first-order valence-corrected chi connectivity index (χ1v) is 5.37. The molecule has 3 N–H and O–H groups in total. The van der Waals surface area contributed by atoms with Gasteiger partial charge in [-0.3, -0.25) is 9.59 Å². The Hall–Kier alpha value is -1.10. The molecular weight excluding hydrogens is 210 g/mol. The molecule has 5 heteroatoms. The van der Waals surface area contributed by atoms with E-state index in [-0.39, 0.29) is 30.9 Å². The third-order valence-corrected chi connectivity index (χ3v) is 2.97. The van der Waals surface area contributed by atoms with Crippen LogP contribution in [0.1, 0.15) is 34.1 Å². The van der Waals surface area contributed by atoms with E-state index in [1.807, 2.05) is 0 Å². The van der Waals surface area contributed by atoms with Crippen LogP contribution in [0.5, 0.6) is 0 Å². The van der Waals surface area contributed by atoms with Crippen molar-refractivity contribution in [3.8, 4) is 0 Å². The fourth-order valence-corrected chi connectivity index (χ4v) is 1.23. The Labute approximate surface area is 95.9 Å². The van der Waals surface area contributed by atoms with Crippen LogP contribution >= 0.6 is 0 Å². The second kappa shape index (κ2) is 5.84. The van der Waals surface area contributed by atoms with Crippen molar-refractivity contribution >= 4 is 11.9 Å². The van der Waals surface area contributed by atoms with E-state index in [1.165, 1.54) is 0 Å². The molecule has 1 amide bonds. The maximum Gasteiger partial charge on any atom is 0.310 e. The zero-order chi connectivity index (χ0) is 12.9. The first-order chi connectivity index (χ1) is 7.24. The maximum atomic E-state index is 11.6. The van der Waals surface area contributed by atoms with Crippen LogP contribution in [0.4, 0.5) is 0 Å². The lowest BCUT2D eigenvalue weighted by Gasteiger charge is -2.28. The van der Waals surface area contributed by atoms with Gasteiger partial charge in [-0.15, -0.1) is 0 Å². The Morgan fingerprint density at radius 3 is 2.12 bits per heavy atom. The van der Waals surface area contributed by atoms with Crippen molar-refractivity contribution in [2.45, 2.75) is 40.2 Å². The van der Waals surface area contributed by atoms with Crippen LogP contribution in [0.15, 0.2) is 0 Å². The van der Waals surface area contributed by atoms with Gasteiger partial charge in [0.2, 0.25) is 5.91 Å². The van der Waals surface area contributed by atoms with Crippen molar-refractivity contribution < 1.29 is 19.8 Å². The molecule has 0 aromatic heterocycles. The summed E-state index contributed by atoms with van der Waals surface area (Å²) < 4.78 is 0. The Bertz CT molecular complexity index is 265. The number of aliphatic carboxylic acids is 1. The number of rotatable bonds is 6. The second-order valence-corrected chi connectivity index (χ2v) is 4.71. The third kappa shape index (κ3) is 3.81. The number of hydrogen-bond donors (Lipinski definition) is 3. The Morgan fingerprint density at radius 2 is 1.81 bits per heavy atom. The fourth-order valence-electron chi connectivity index (χ4n) is 1.23. The number of amides is 1. The first kappa shape index (κ1) is 14.9. The van der Waals surface area contributed by atoms with E-state index < -0.39 is 11.4 Å². The van der Waals surface area contributed by atoms with Gasteiger partial charge in [-0.05, 0) is 19.8 Å². The summed E-state index contributed by atoms with van der Waals surface area (Å²) in [5.41, 5.74) is -1.07. The average Bonchev–Trinajstić information content (AvgIpc) is 2.16. The van der Waals surface area contributed by atoms with Gasteiger partial charge in [-0.2, -0.15) is 0 Å². The summed E-state index contributed by atoms with van der Waals surface area (Å²) >= 11 is 0. The molecule has 94 valence electrons. The molecule has 0 radical (unpaired) electrons. The van der Waals surface area contributed by atoms with E-state index in [0.29, 0.717) is 0 Å². The van der Waals surface area contributed by atoms with Crippen LogP contribution < -0.4 is 5.32 Å². The molecule has 0 aromatic rings. The Morgan fingerprint density at radius 1 is 1.31 bits per heavy atom. The number of carbonyl (C=O) groups is 2. The van der Waals surface area contributed by atoms with Crippen molar-refractivity contribution in [2.24, 2.45) is 11.3 Å². The van der Waals surface area contributed by atoms with Crippen molar-refractivity contribution in [3.63, 3.8) is 0 Å². The quantitative estimate of drug-likeness (QED) is 0.625. The van der Waals surface area contributed by atoms with Gasteiger partial charge in [0, 0.05) is 12.5 Å². The molecule has 0 spiro atoms. The highest BCUT2D eigenvalue weighted by Gasteiger charge is 2.38. The highest BCUT2D eigenvalue weighted by molar-refractivity contribution is 5.85. The van der Waals surface area contributed by atoms with Gasteiger partial charge in [-0.25, -0.2) is 0 Å². The molecule has 0 rings (SSSR count). The van der Waals surface area contributed by atoms with Crippen molar-refractivity contribution in [1.29, 1.82) is 0 Å². The summed E-state index contributed by atoms with van der Waals surface area (Å²) in [7, 11) is 0. The minimum absolute atomic E-state index is 0.0790. The van der Waals surface area contributed by atoms with Gasteiger partial charge in [0.25, 0.3) is 0 Å². The minimum atomic E-state index is -1.07. The summed E-state index contributed by atoms with van der Waals surface area (Å²) in [4.78, 5) is 22.7. The van der Waals surface area contributed by atoms with Crippen molar-refractivity contribution in [1.82, 2.24) is 5.32 Å². The number of aliphatic hydroxyl groups excluding tert-OH is 1. The predicted octanol–water partition coefficient (Wildman–Crippen LogP) is 0.620. The number of carboxylic acids is 1. The lowest BCUT2D eigenvalue weighted by Crippen LogP contribution is -2.42. The molecule has 2 atom stereocenters. The molecule has 0 saturated heterocycles. The molecule has 0 fully saturated rings. The van der Waals surface area contributed by atoms with E-state index in [9.17, 15) is 9.59 Å². The number of nitrogens with one attached hydrogen (secondary N) is 1. The molecule has 0 heterocycles. The van der Waals surface area contributed by atoms with E-state index in [2.05, 4.69) is 5.32 Å². The van der Waals surface area contributed by atoms with Gasteiger partial charge in [0.05, 0.1) is 12.0 Å².